The van der Waals surface area contributed by atoms with E-state index in [2.05, 4.69) is 20.9 Å². The molecule has 0 bridgehead atoms. The Balaban J connectivity index is 0.00000264. The molecule has 0 spiro atoms. The largest absolute Gasteiger partial charge is 0.497 e. The third-order valence-corrected chi connectivity index (χ3v) is 3.32. The lowest BCUT2D eigenvalue weighted by atomic mass is 10.2. The second-order valence-electron chi connectivity index (χ2n) is 4.85. The highest BCUT2D eigenvalue weighted by Gasteiger charge is 2.16. The van der Waals surface area contributed by atoms with Crippen LogP contribution in [0.5, 0.6) is 5.75 Å². The van der Waals surface area contributed by atoms with Gasteiger partial charge in [0.25, 0.3) is 5.91 Å². The molecule has 2 aromatic rings. The molecular formula is C15H22ClN5O2. The molecule has 0 fully saturated rings. The Morgan fingerprint density at radius 3 is 2.57 bits per heavy atom. The maximum absolute atomic E-state index is 12.1. The Kier molecular flexibility index (Phi) is 7.50. The summed E-state index contributed by atoms with van der Waals surface area (Å²) in [7, 11) is 3.50. The summed E-state index contributed by atoms with van der Waals surface area (Å²) in [5, 5.41) is 13.9. The minimum atomic E-state index is -0.201. The minimum absolute atomic E-state index is 0. The van der Waals surface area contributed by atoms with Crippen LogP contribution in [0.25, 0.3) is 5.69 Å². The number of aromatic nitrogens is 3. The lowest BCUT2D eigenvalue weighted by molar-refractivity contribution is 0.0947. The van der Waals surface area contributed by atoms with Crippen LogP contribution in [0.4, 0.5) is 0 Å². The molecule has 0 aliphatic heterocycles. The highest BCUT2D eigenvalue weighted by molar-refractivity contribution is 5.93. The van der Waals surface area contributed by atoms with Gasteiger partial charge >= 0.3 is 0 Å². The average molecular weight is 340 g/mol. The van der Waals surface area contributed by atoms with Crippen molar-refractivity contribution >= 4 is 18.3 Å². The molecular weight excluding hydrogens is 318 g/mol. The number of ether oxygens (including phenoxy) is 1. The van der Waals surface area contributed by atoms with Crippen LogP contribution in [-0.2, 0) is 0 Å². The number of carbonyl (C=O) groups excluding carboxylic acids is 1. The van der Waals surface area contributed by atoms with Crippen LogP contribution in [0.3, 0.4) is 0 Å². The fourth-order valence-corrected chi connectivity index (χ4v) is 2.06. The molecule has 1 amide bonds. The van der Waals surface area contributed by atoms with Crippen LogP contribution < -0.4 is 15.4 Å². The van der Waals surface area contributed by atoms with E-state index in [1.807, 2.05) is 38.2 Å². The van der Waals surface area contributed by atoms with Gasteiger partial charge in [-0.3, -0.25) is 4.79 Å². The smallest absolute Gasteiger partial charge is 0.273 e. The number of hydrogen-bond acceptors (Lipinski definition) is 5. The third-order valence-electron chi connectivity index (χ3n) is 3.32. The van der Waals surface area contributed by atoms with Crippen molar-refractivity contribution in [1.29, 1.82) is 0 Å². The van der Waals surface area contributed by atoms with Crippen molar-refractivity contribution in [2.24, 2.45) is 0 Å². The molecule has 0 saturated carbocycles. The van der Waals surface area contributed by atoms with Crippen molar-refractivity contribution < 1.29 is 9.53 Å². The molecule has 7 nitrogen and oxygen atoms in total. The molecule has 8 heteroatoms. The van der Waals surface area contributed by atoms with Crippen LogP contribution in [0.1, 0.15) is 22.6 Å². The van der Waals surface area contributed by atoms with Gasteiger partial charge in [-0.05, 0) is 51.2 Å². The summed E-state index contributed by atoms with van der Waals surface area (Å²) in [6.45, 7) is 3.29. The number of amides is 1. The van der Waals surface area contributed by atoms with Crippen LogP contribution in [-0.4, -0.2) is 48.1 Å². The number of benzene rings is 1. The molecule has 126 valence electrons. The van der Waals surface area contributed by atoms with E-state index in [1.165, 1.54) is 0 Å². The molecule has 0 aliphatic carbocycles. The molecule has 1 heterocycles. The van der Waals surface area contributed by atoms with Gasteiger partial charge in [-0.25, -0.2) is 4.68 Å². The van der Waals surface area contributed by atoms with Crippen LogP contribution in [0.15, 0.2) is 24.3 Å². The molecule has 0 aliphatic rings. The van der Waals surface area contributed by atoms with Crippen molar-refractivity contribution in [2.45, 2.75) is 13.3 Å². The number of halogens is 1. The zero-order valence-corrected chi connectivity index (χ0v) is 14.3. The highest BCUT2D eigenvalue weighted by Crippen LogP contribution is 2.16. The third kappa shape index (κ3) is 4.67. The minimum Gasteiger partial charge on any atom is -0.497 e. The lowest BCUT2D eigenvalue weighted by Gasteiger charge is -2.06. The van der Waals surface area contributed by atoms with Crippen molar-refractivity contribution in [3.05, 3.63) is 35.7 Å². The zero-order valence-electron chi connectivity index (χ0n) is 13.5. The number of rotatable bonds is 7. The van der Waals surface area contributed by atoms with Crippen LogP contribution in [0.2, 0.25) is 0 Å². The summed E-state index contributed by atoms with van der Waals surface area (Å²) in [4.78, 5) is 12.1. The van der Waals surface area contributed by atoms with Gasteiger partial charge in [0.05, 0.1) is 18.5 Å². The Hall–Kier alpha value is -2.12. The van der Waals surface area contributed by atoms with Crippen LogP contribution in [0, 0.1) is 6.92 Å². The van der Waals surface area contributed by atoms with Gasteiger partial charge in [0.15, 0.2) is 5.69 Å². The first-order valence-electron chi connectivity index (χ1n) is 7.17. The maximum atomic E-state index is 12.1. The molecule has 0 unspecified atom stereocenters. The summed E-state index contributed by atoms with van der Waals surface area (Å²) in [5.41, 5.74) is 1.89. The van der Waals surface area contributed by atoms with E-state index in [0.29, 0.717) is 17.9 Å². The normalized spacial score (nSPS) is 10.0. The van der Waals surface area contributed by atoms with Crippen molar-refractivity contribution in [3.8, 4) is 11.4 Å². The number of nitrogens with zero attached hydrogens (tertiary/aromatic N) is 3. The number of methoxy groups -OCH3 is 1. The number of nitrogens with one attached hydrogen (secondary N) is 2. The second-order valence-corrected chi connectivity index (χ2v) is 4.85. The molecule has 0 radical (unpaired) electrons. The lowest BCUT2D eigenvalue weighted by Crippen LogP contribution is -2.27. The molecule has 1 aromatic heterocycles. The van der Waals surface area contributed by atoms with E-state index in [9.17, 15) is 4.79 Å². The number of carbonyl (C=O) groups is 1. The maximum Gasteiger partial charge on any atom is 0.273 e. The summed E-state index contributed by atoms with van der Waals surface area (Å²) in [6.07, 6.45) is 0.869. The van der Waals surface area contributed by atoms with E-state index in [4.69, 9.17) is 4.74 Å². The van der Waals surface area contributed by atoms with E-state index >= 15 is 0 Å². The Bertz CT molecular complexity index is 627. The average Bonchev–Trinajstić information content (AvgIpc) is 2.93. The molecule has 0 saturated heterocycles. The van der Waals surface area contributed by atoms with Gasteiger partial charge in [0.2, 0.25) is 0 Å². The first-order valence-corrected chi connectivity index (χ1v) is 7.17. The Morgan fingerprint density at radius 1 is 1.26 bits per heavy atom. The summed E-state index contributed by atoms with van der Waals surface area (Å²) in [6, 6.07) is 7.42. The predicted molar refractivity (Wildman–Crippen MR) is 90.8 cm³/mol. The molecule has 23 heavy (non-hydrogen) atoms. The SMILES string of the molecule is CNCCCNC(=O)c1nnn(-c2ccc(OC)cc2)c1C.Cl. The first-order chi connectivity index (χ1) is 10.7. The van der Waals surface area contributed by atoms with E-state index in [-0.39, 0.29) is 18.3 Å². The fourth-order valence-electron chi connectivity index (χ4n) is 2.06. The fraction of sp³-hybridized carbons (Fsp3) is 0.400. The van der Waals surface area contributed by atoms with Crippen molar-refractivity contribution in [1.82, 2.24) is 25.6 Å². The standard InChI is InChI=1S/C15H21N5O2.ClH/c1-11-14(15(21)17-10-4-9-16-2)18-19-20(11)12-5-7-13(22-3)8-6-12;/h5-8,16H,4,9-10H2,1-3H3,(H,17,21);1H. The Morgan fingerprint density at radius 2 is 1.96 bits per heavy atom. The van der Waals surface area contributed by atoms with E-state index < -0.39 is 0 Å². The van der Waals surface area contributed by atoms with E-state index in [0.717, 1.165) is 24.4 Å². The van der Waals surface area contributed by atoms with E-state index in [1.54, 1.807) is 11.8 Å². The van der Waals surface area contributed by atoms with Gasteiger partial charge < -0.3 is 15.4 Å². The molecule has 0 atom stereocenters. The molecule has 2 N–H and O–H groups in total. The second kappa shape index (κ2) is 9.12. The van der Waals surface area contributed by atoms with Gasteiger partial charge in [-0.1, -0.05) is 5.21 Å². The summed E-state index contributed by atoms with van der Waals surface area (Å²) >= 11 is 0. The molecule has 1 aromatic carbocycles. The van der Waals surface area contributed by atoms with Gasteiger partial charge in [0, 0.05) is 6.54 Å². The summed E-state index contributed by atoms with van der Waals surface area (Å²) in [5.74, 6) is 0.567. The Labute approximate surface area is 141 Å². The van der Waals surface area contributed by atoms with Crippen molar-refractivity contribution in [3.63, 3.8) is 0 Å². The van der Waals surface area contributed by atoms with Gasteiger partial charge in [0.1, 0.15) is 5.75 Å². The highest BCUT2D eigenvalue weighted by atomic mass is 35.5. The van der Waals surface area contributed by atoms with Gasteiger partial charge in [-0.15, -0.1) is 17.5 Å². The number of hydrogen-bond donors (Lipinski definition) is 2. The quantitative estimate of drug-likeness (QED) is 0.744. The van der Waals surface area contributed by atoms with Gasteiger partial charge in [-0.2, -0.15) is 0 Å². The summed E-state index contributed by atoms with van der Waals surface area (Å²) < 4.78 is 6.77. The predicted octanol–water partition coefficient (Wildman–Crippen LogP) is 1.35. The monoisotopic (exact) mass is 339 g/mol. The first kappa shape index (κ1) is 18.9. The molecule has 2 rings (SSSR count). The van der Waals surface area contributed by atoms with Crippen LogP contribution >= 0.6 is 12.4 Å². The van der Waals surface area contributed by atoms with Crippen molar-refractivity contribution in [2.75, 3.05) is 27.2 Å². The topological polar surface area (TPSA) is 81.1 Å². The zero-order chi connectivity index (χ0) is 15.9.